The van der Waals surface area contributed by atoms with Gasteiger partial charge in [-0.2, -0.15) is 0 Å². The molecule has 66 valence electrons. The van der Waals surface area contributed by atoms with Gasteiger partial charge in [-0.05, 0) is 30.4 Å². The van der Waals surface area contributed by atoms with E-state index < -0.39 is 0 Å². The average Bonchev–Trinajstić information content (AvgIpc) is 2.09. The molecule has 0 saturated carbocycles. The Bertz CT molecular complexity index is 258. The second kappa shape index (κ2) is 4.53. The summed E-state index contributed by atoms with van der Waals surface area (Å²) in [4.78, 5) is 1.34. The zero-order valence-electron chi connectivity index (χ0n) is 7.76. The van der Waals surface area contributed by atoms with Crippen LogP contribution in [0.1, 0.15) is 11.1 Å². The molecule has 0 aliphatic rings. The van der Waals surface area contributed by atoms with Gasteiger partial charge in [0.05, 0.1) is 6.61 Å². The van der Waals surface area contributed by atoms with E-state index in [9.17, 15) is 0 Å². The molecule has 1 aromatic carbocycles. The highest BCUT2D eigenvalue weighted by molar-refractivity contribution is 7.98. The molecule has 0 N–H and O–H groups in total. The Morgan fingerprint density at radius 2 is 2.17 bits per heavy atom. The molecule has 0 saturated heterocycles. The number of hydrogen-bond donors (Lipinski definition) is 0. The fourth-order valence-electron chi connectivity index (χ4n) is 1.19. The van der Waals surface area contributed by atoms with E-state index in [0.717, 1.165) is 0 Å². The summed E-state index contributed by atoms with van der Waals surface area (Å²) in [6.45, 7) is 2.85. The Balaban J connectivity index is 2.97. The summed E-state index contributed by atoms with van der Waals surface area (Å²) in [5.74, 6) is 0. The van der Waals surface area contributed by atoms with E-state index in [2.05, 4.69) is 31.4 Å². The summed E-state index contributed by atoms with van der Waals surface area (Å²) in [5.41, 5.74) is 2.62. The van der Waals surface area contributed by atoms with Crippen LogP contribution in [-0.4, -0.2) is 13.4 Å². The van der Waals surface area contributed by atoms with Crippen LogP contribution in [0, 0.1) is 6.92 Å². The van der Waals surface area contributed by atoms with E-state index >= 15 is 0 Å². The summed E-state index contributed by atoms with van der Waals surface area (Å²) in [5, 5.41) is 0. The number of hydrogen-bond acceptors (Lipinski definition) is 2. The van der Waals surface area contributed by atoms with Gasteiger partial charge in [0.15, 0.2) is 0 Å². The van der Waals surface area contributed by atoms with Crippen LogP contribution in [0.15, 0.2) is 23.1 Å². The van der Waals surface area contributed by atoms with Crippen LogP contribution in [0.4, 0.5) is 0 Å². The van der Waals surface area contributed by atoms with Crippen LogP contribution in [0.2, 0.25) is 0 Å². The molecule has 0 spiro atoms. The molecule has 0 amide bonds. The quantitative estimate of drug-likeness (QED) is 0.665. The van der Waals surface area contributed by atoms with E-state index in [0.29, 0.717) is 6.61 Å². The number of ether oxygens (including phenoxy) is 1. The Kier molecular flexibility index (Phi) is 3.63. The fraction of sp³-hybridized carbons (Fsp3) is 0.400. The SMILES string of the molecule is COCc1cccc(SC)c1C. The summed E-state index contributed by atoms with van der Waals surface area (Å²) in [6, 6.07) is 6.32. The van der Waals surface area contributed by atoms with Crippen molar-refractivity contribution in [2.24, 2.45) is 0 Å². The predicted octanol–water partition coefficient (Wildman–Crippen LogP) is 2.86. The molecule has 0 heterocycles. The van der Waals surface area contributed by atoms with Gasteiger partial charge in [-0.25, -0.2) is 0 Å². The monoisotopic (exact) mass is 182 g/mol. The van der Waals surface area contributed by atoms with Crippen LogP contribution >= 0.6 is 11.8 Å². The second-order valence-electron chi connectivity index (χ2n) is 2.68. The predicted molar refractivity (Wildman–Crippen MR) is 53.7 cm³/mol. The molecule has 0 fully saturated rings. The first kappa shape index (κ1) is 9.62. The van der Waals surface area contributed by atoms with Gasteiger partial charge in [0.1, 0.15) is 0 Å². The molecule has 0 unspecified atom stereocenters. The van der Waals surface area contributed by atoms with Gasteiger partial charge in [0, 0.05) is 12.0 Å². The van der Waals surface area contributed by atoms with Crippen molar-refractivity contribution in [2.45, 2.75) is 18.4 Å². The first-order valence-electron chi connectivity index (χ1n) is 3.91. The average molecular weight is 182 g/mol. The molecule has 12 heavy (non-hydrogen) atoms. The standard InChI is InChI=1S/C10H14OS/c1-8-9(7-11-2)5-4-6-10(8)12-3/h4-6H,7H2,1-3H3. The summed E-state index contributed by atoms with van der Waals surface area (Å²) in [7, 11) is 1.73. The van der Waals surface area contributed by atoms with Crippen molar-refractivity contribution in [1.82, 2.24) is 0 Å². The molecular weight excluding hydrogens is 168 g/mol. The lowest BCUT2D eigenvalue weighted by molar-refractivity contribution is 0.184. The van der Waals surface area contributed by atoms with Crippen LogP contribution in [0.5, 0.6) is 0 Å². The summed E-state index contributed by atoms with van der Waals surface area (Å²) >= 11 is 1.78. The minimum atomic E-state index is 0.709. The fourth-order valence-corrected chi connectivity index (χ4v) is 1.84. The molecule has 2 heteroatoms. The maximum absolute atomic E-state index is 5.10. The molecule has 0 radical (unpaired) electrons. The number of rotatable bonds is 3. The van der Waals surface area contributed by atoms with Gasteiger partial charge in [-0.3, -0.25) is 0 Å². The van der Waals surface area contributed by atoms with Gasteiger partial charge in [0.2, 0.25) is 0 Å². The van der Waals surface area contributed by atoms with Gasteiger partial charge >= 0.3 is 0 Å². The van der Waals surface area contributed by atoms with Crippen molar-refractivity contribution in [1.29, 1.82) is 0 Å². The van der Waals surface area contributed by atoms with Crippen molar-refractivity contribution in [3.05, 3.63) is 29.3 Å². The zero-order chi connectivity index (χ0) is 8.97. The topological polar surface area (TPSA) is 9.23 Å². The molecule has 0 aliphatic heterocycles. The Morgan fingerprint density at radius 3 is 2.75 bits per heavy atom. The van der Waals surface area contributed by atoms with Crippen LogP contribution in [0.25, 0.3) is 0 Å². The molecular formula is C10H14OS. The second-order valence-corrected chi connectivity index (χ2v) is 3.53. The number of methoxy groups -OCH3 is 1. The highest BCUT2D eigenvalue weighted by Crippen LogP contribution is 2.22. The van der Waals surface area contributed by atoms with Gasteiger partial charge < -0.3 is 4.74 Å². The highest BCUT2D eigenvalue weighted by atomic mass is 32.2. The van der Waals surface area contributed by atoms with Crippen LogP contribution in [0.3, 0.4) is 0 Å². The molecule has 1 nitrogen and oxygen atoms in total. The largest absolute Gasteiger partial charge is 0.380 e. The molecule has 0 atom stereocenters. The number of benzene rings is 1. The van der Waals surface area contributed by atoms with Crippen molar-refractivity contribution in [2.75, 3.05) is 13.4 Å². The minimum Gasteiger partial charge on any atom is -0.380 e. The molecule has 0 aliphatic carbocycles. The summed E-state index contributed by atoms with van der Waals surface area (Å²) < 4.78 is 5.10. The Hall–Kier alpha value is -0.470. The zero-order valence-corrected chi connectivity index (χ0v) is 8.57. The van der Waals surface area contributed by atoms with Crippen molar-refractivity contribution < 1.29 is 4.74 Å². The lowest BCUT2D eigenvalue weighted by Gasteiger charge is -2.07. The molecule has 0 bridgehead atoms. The van der Waals surface area contributed by atoms with Gasteiger partial charge in [-0.15, -0.1) is 11.8 Å². The summed E-state index contributed by atoms with van der Waals surface area (Å²) in [6.07, 6.45) is 2.10. The highest BCUT2D eigenvalue weighted by Gasteiger charge is 2.01. The van der Waals surface area contributed by atoms with Crippen LogP contribution < -0.4 is 0 Å². The maximum Gasteiger partial charge on any atom is 0.0716 e. The third kappa shape index (κ3) is 2.02. The smallest absolute Gasteiger partial charge is 0.0716 e. The normalized spacial score (nSPS) is 10.2. The van der Waals surface area contributed by atoms with Crippen molar-refractivity contribution in [3.63, 3.8) is 0 Å². The third-order valence-electron chi connectivity index (χ3n) is 1.92. The third-order valence-corrected chi connectivity index (χ3v) is 2.80. The van der Waals surface area contributed by atoms with Gasteiger partial charge in [-0.1, -0.05) is 12.1 Å². The first-order valence-corrected chi connectivity index (χ1v) is 5.13. The van der Waals surface area contributed by atoms with E-state index in [1.807, 2.05) is 0 Å². The molecule has 0 aromatic heterocycles. The Morgan fingerprint density at radius 1 is 1.42 bits per heavy atom. The lowest BCUT2D eigenvalue weighted by atomic mass is 10.1. The van der Waals surface area contributed by atoms with Crippen molar-refractivity contribution in [3.8, 4) is 0 Å². The molecule has 1 rings (SSSR count). The van der Waals surface area contributed by atoms with E-state index in [-0.39, 0.29) is 0 Å². The molecule has 1 aromatic rings. The lowest BCUT2D eigenvalue weighted by Crippen LogP contribution is -1.92. The first-order chi connectivity index (χ1) is 5.79. The van der Waals surface area contributed by atoms with E-state index in [1.54, 1.807) is 18.9 Å². The number of thioether (sulfide) groups is 1. The Labute approximate surface area is 78.1 Å². The maximum atomic E-state index is 5.10. The van der Waals surface area contributed by atoms with Gasteiger partial charge in [0.25, 0.3) is 0 Å². The van der Waals surface area contributed by atoms with E-state index in [4.69, 9.17) is 4.74 Å². The van der Waals surface area contributed by atoms with Crippen LogP contribution in [-0.2, 0) is 11.3 Å². The minimum absolute atomic E-state index is 0.709. The van der Waals surface area contributed by atoms with Crippen molar-refractivity contribution >= 4 is 11.8 Å². The van der Waals surface area contributed by atoms with E-state index in [1.165, 1.54) is 16.0 Å².